The number of aliphatic carboxylic acids is 2. The molecule has 0 aliphatic heterocycles. The van der Waals surface area contributed by atoms with Crippen molar-refractivity contribution >= 4 is 63.3 Å². The number of aromatic nitrogens is 3. The number of ether oxygens (including phenoxy) is 4. The van der Waals surface area contributed by atoms with Crippen LogP contribution in [0.4, 0.5) is 19.0 Å². The molecule has 9 N–H and O–H groups in total. The number of pyridine rings is 1. The average molecular weight is 973 g/mol. The summed E-state index contributed by atoms with van der Waals surface area (Å²) in [7, 11) is 0. The molecule has 0 fully saturated rings. The second-order valence-corrected chi connectivity index (χ2v) is 15.4. The second-order valence-electron chi connectivity index (χ2n) is 15.4. The monoisotopic (exact) mass is 972 g/mol. The maximum Gasteiger partial charge on any atom is 0.490 e. The Morgan fingerprint density at radius 3 is 1.96 bits per heavy atom. The summed E-state index contributed by atoms with van der Waals surface area (Å²) in [4.78, 5) is 80.2. The summed E-state index contributed by atoms with van der Waals surface area (Å²) in [5.41, 5.74) is 10.8. The molecule has 0 radical (unpaired) electrons. The zero-order valence-electron chi connectivity index (χ0n) is 39.4. The lowest BCUT2D eigenvalue weighted by molar-refractivity contribution is -0.192. The van der Waals surface area contributed by atoms with Gasteiger partial charge in [-0.25, -0.2) is 14.8 Å². The SMILES string of the molecule is C#C.CCCN(CC(=O)NC(C(=O)Nc1nc2ccccc2c2c1nc(COCC)n2CC(C)(C)O)C(C)C)C(=O)CCC(=O)O.NCCOCCOCCOCCC(N)=O.O=C(O)C(F)(F)F. The number of alkyl halides is 3. The third kappa shape index (κ3) is 24.7. The smallest absolute Gasteiger partial charge is 0.481 e. The van der Waals surface area contributed by atoms with Gasteiger partial charge in [0.2, 0.25) is 23.6 Å². The highest BCUT2D eigenvalue weighted by molar-refractivity contribution is 6.10. The molecule has 3 rings (SSSR count). The van der Waals surface area contributed by atoms with Gasteiger partial charge in [0.25, 0.3) is 0 Å². The summed E-state index contributed by atoms with van der Waals surface area (Å²) in [6.45, 7) is 15.0. The van der Waals surface area contributed by atoms with Crippen LogP contribution in [-0.4, -0.2) is 154 Å². The molecule has 1 atom stereocenters. The molecule has 2 aromatic heterocycles. The zero-order chi connectivity index (χ0) is 52.0. The van der Waals surface area contributed by atoms with E-state index in [2.05, 4.69) is 23.5 Å². The van der Waals surface area contributed by atoms with Crippen molar-refractivity contribution in [2.45, 2.75) is 98.2 Å². The number of hydrogen-bond donors (Lipinski definition) is 7. The predicted octanol–water partition coefficient (Wildman–Crippen LogP) is 2.83. The van der Waals surface area contributed by atoms with E-state index >= 15 is 0 Å². The van der Waals surface area contributed by atoms with E-state index in [0.717, 1.165) is 5.39 Å². The highest BCUT2D eigenvalue weighted by Crippen LogP contribution is 2.32. The van der Waals surface area contributed by atoms with Crippen molar-refractivity contribution in [3.63, 3.8) is 0 Å². The number of hydrogen-bond acceptors (Lipinski definition) is 14. The van der Waals surface area contributed by atoms with Crippen molar-refractivity contribution in [1.82, 2.24) is 24.8 Å². The van der Waals surface area contributed by atoms with Gasteiger partial charge in [0.05, 0.1) is 75.8 Å². The van der Waals surface area contributed by atoms with E-state index in [0.29, 0.717) is 81.6 Å². The molecule has 68 heavy (non-hydrogen) atoms. The number of carboxylic acids is 2. The number of imidazole rings is 1. The first-order valence-corrected chi connectivity index (χ1v) is 21.5. The number of rotatable bonds is 27. The lowest BCUT2D eigenvalue weighted by Gasteiger charge is -2.25. The number of carbonyl (C=O) groups is 6. The number of aliphatic hydroxyl groups is 1. The molecule has 2 heterocycles. The van der Waals surface area contributed by atoms with Crippen LogP contribution in [0.15, 0.2) is 24.3 Å². The molecule has 0 saturated heterocycles. The number of amides is 4. The fourth-order valence-corrected chi connectivity index (χ4v) is 5.68. The Labute approximate surface area is 393 Å². The van der Waals surface area contributed by atoms with Crippen LogP contribution in [0, 0.1) is 18.8 Å². The normalized spacial score (nSPS) is 11.6. The number of carboxylic acid groups (broad SMARTS) is 2. The third-order valence-electron chi connectivity index (χ3n) is 8.62. The molecule has 4 amide bonds. The number of nitrogens with one attached hydrogen (secondary N) is 2. The Morgan fingerprint density at radius 1 is 0.882 bits per heavy atom. The number of nitrogens with zero attached hydrogens (tertiary/aromatic N) is 4. The molecule has 382 valence electrons. The van der Waals surface area contributed by atoms with Crippen LogP contribution >= 0.6 is 0 Å². The van der Waals surface area contributed by atoms with E-state index in [1.165, 1.54) is 4.90 Å². The largest absolute Gasteiger partial charge is 0.490 e. The number of para-hydroxylation sites is 1. The molecule has 0 bridgehead atoms. The molecular weight excluding hydrogens is 906 g/mol. The van der Waals surface area contributed by atoms with Crippen molar-refractivity contribution in [2.24, 2.45) is 17.4 Å². The van der Waals surface area contributed by atoms with E-state index in [4.69, 9.17) is 55.4 Å². The Morgan fingerprint density at radius 2 is 1.46 bits per heavy atom. The standard InChI is InChI=1S/C31H44N6O7.C9H20N2O4.C2HF3O2.C2H2/c1-7-15-36(24(39)13-14-25(40)41)16-23(38)34-26(19(3)4)30(42)35-29-27-28(20-11-9-10-12-21(20)32-29)37(18-31(5,6)43)22(33-27)17-44-8-2;10-2-4-14-6-8-15-7-5-13-3-1-9(11)12;3-2(4,5)1(6)7;1-2/h9-12,19,26,43H,7-8,13-18H2,1-6H3,(H,34,38)(H,40,41)(H,32,35,42);1-8,10H2,(H2,11,12);(H,6,7);1-2H. The van der Waals surface area contributed by atoms with Gasteiger partial charge >= 0.3 is 18.1 Å². The number of benzene rings is 1. The summed E-state index contributed by atoms with van der Waals surface area (Å²) in [5, 5.41) is 33.2. The molecule has 0 aliphatic carbocycles. The van der Waals surface area contributed by atoms with Gasteiger partial charge in [-0.15, -0.1) is 12.8 Å². The molecular formula is C44H67F3N8O13. The minimum atomic E-state index is -5.08. The Bertz CT molecular complexity index is 2060. The van der Waals surface area contributed by atoms with Crippen molar-refractivity contribution in [3.8, 4) is 12.8 Å². The highest BCUT2D eigenvalue weighted by atomic mass is 19.4. The van der Waals surface area contributed by atoms with Gasteiger partial charge in [-0.2, -0.15) is 13.2 Å². The first kappa shape index (κ1) is 62.0. The first-order valence-electron chi connectivity index (χ1n) is 21.5. The highest BCUT2D eigenvalue weighted by Gasteiger charge is 2.38. The van der Waals surface area contributed by atoms with Crippen LogP contribution in [0.2, 0.25) is 0 Å². The molecule has 21 nitrogen and oxygen atoms in total. The van der Waals surface area contributed by atoms with Gasteiger partial charge in [0.1, 0.15) is 24.0 Å². The topological polar surface area (TPSA) is 310 Å². The lowest BCUT2D eigenvalue weighted by Crippen LogP contribution is -2.51. The summed E-state index contributed by atoms with van der Waals surface area (Å²) < 4.78 is 54.6. The zero-order valence-corrected chi connectivity index (χ0v) is 39.4. The van der Waals surface area contributed by atoms with E-state index in [-0.39, 0.29) is 63.1 Å². The van der Waals surface area contributed by atoms with Crippen LogP contribution in [0.25, 0.3) is 21.9 Å². The molecule has 1 aromatic carbocycles. The van der Waals surface area contributed by atoms with Crippen LogP contribution < -0.4 is 22.1 Å². The van der Waals surface area contributed by atoms with E-state index in [1.54, 1.807) is 27.7 Å². The quantitative estimate of drug-likeness (QED) is 0.0427. The number of nitrogens with two attached hydrogens (primary N) is 2. The molecule has 3 aromatic rings. The van der Waals surface area contributed by atoms with Crippen LogP contribution in [-0.2, 0) is 60.9 Å². The fraction of sp³-hybridized carbons (Fsp3) is 0.591. The molecule has 0 saturated carbocycles. The molecule has 0 aliphatic rings. The van der Waals surface area contributed by atoms with Gasteiger partial charge in [-0.05, 0) is 39.2 Å². The molecule has 24 heteroatoms. The number of fused-ring (bicyclic) bond motifs is 3. The number of carbonyl (C=O) groups excluding carboxylic acids is 4. The second kappa shape index (κ2) is 32.7. The average Bonchev–Trinajstić information content (AvgIpc) is 3.61. The van der Waals surface area contributed by atoms with Crippen molar-refractivity contribution in [1.29, 1.82) is 0 Å². The van der Waals surface area contributed by atoms with E-state index in [9.17, 15) is 42.3 Å². The first-order chi connectivity index (χ1) is 32.0. The fourth-order valence-electron chi connectivity index (χ4n) is 5.68. The van der Waals surface area contributed by atoms with Gasteiger partial charge in [0, 0.05) is 37.9 Å². The summed E-state index contributed by atoms with van der Waals surface area (Å²) in [6, 6.07) is 6.47. The summed E-state index contributed by atoms with van der Waals surface area (Å²) in [6.07, 6.45) is 3.20. The number of terminal acetylenes is 1. The maximum atomic E-state index is 13.7. The van der Waals surface area contributed by atoms with Crippen LogP contribution in [0.1, 0.15) is 73.1 Å². The maximum absolute atomic E-state index is 13.7. The lowest BCUT2D eigenvalue weighted by atomic mass is 10.0. The Hall–Kier alpha value is -5.97. The van der Waals surface area contributed by atoms with Gasteiger partial charge < -0.3 is 65.8 Å². The van der Waals surface area contributed by atoms with Crippen molar-refractivity contribution in [3.05, 3.63) is 30.1 Å². The minimum Gasteiger partial charge on any atom is -0.481 e. The number of halogens is 3. The van der Waals surface area contributed by atoms with Crippen LogP contribution in [0.3, 0.4) is 0 Å². The summed E-state index contributed by atoms with van der Waals surface area (Å²) >= 11 is 0. The minimum absolute atomic E-state index is 0.188. The molecule has 1 unspecified atom stereocenters. The summed E-state index contributed by atoms with van der Waals surface area (Å²) in [5.74, 6) is -5.26. The Kier molecular flexibility index (Phi) is 29.8. The van der Waals surface area contributed by atoms with Crippen molar-refractivity contribution < 1.29 is 76.2 Å². The van der Waals surface area contributed by atoms with E-state index in [1.807, 2.05) is 42.7 Å². The van der Waals surface area contributed by atoms with Gasteiger partial charge in [-0.1, -0.05) is 39.0 Å². The van der Waals surface area contributed by atoms with E-state index < -0.39 is 47.5 Å². The predicted molar refractivity (Wildman–Crippen MR) is 245 cm³/mol. The molecule has 0 spiro atoms. The third-order valence-corrected chi connectivity index (χ3v) is 8.62. The van der Waals surface area contributed by atoms with Gasteiger partial charge in [-0.3, -0.25) is 24.0 Å². The number of primary amides is 1. The number of anilines is 1. The van der Waals surface area contributed by atoms with Crippen molar-refractivity contribution in [2.75, 3.05) is 71.2 Å². The van der Waals surface area contributed by atoms with Crippen LogP contribution in [0.5, 0.6) is 0 Å². The van der Waals surface area contributed by atoms with Gasteiger partial charge in [0.15, 0.2) is 5.82 Å². The Balaban J connectivity index is 0.00000154.